The molecule has 2 rings (SSSR count). The van der Waals surface area contributed by atoms with Crippen LogP contribution in [0, 0.1) is 6.92 Å². The van der Waals surface area contributed by atoms with Crippen molar-refractivity contribution in [3.8, 4) is 5.75 Å². The van der Waals surface area contributed by atoms with Gasteiger partial charge in [-0.3, -0.25) is 0 Å². The van der Waals surface area contributed by atoms with Gasteiger partial charge < -0.3 is 10.1 Å². The van der Waals surface area contributed by atoms with Gasteiger partial charge in [0.05, 0.1) is 12.8 Å². The minimum atomic E-state index is -0.375. The van der Waals surface area contributed by atoms with Gasteiger partial charge in [0.15, 0.2) is 0 Å². The zero-order chi connectivity index (χ0) is 17.2. The van der Waals surface area contributed by atoms with Gasteiger partial charge in [0.1, 0.15) is 5.75 Å². The highest BCUT2D eigenvalue weighted by atomic mass is 16.5. The number of nitrogens with zero attached hydrogens (tertiary/aromatic N) is 1. The number of hydrogen-bond acceptors (Lipinski definition) is 3. The van der Waals surface area contributed by atoms with Crippen molar-refractivity contribution in [2.45, 2.75) is 26.7 Å². The third-order valence-corrected chi connectivity index (χ3v) is 3.42. The highest BCUT2D eigenvalue weighted by Gasteiger charge is 2.01. The second kappa shape index (κ2) is 9.35. The number of benzene rings is 2. The molecular weight excluding hydrogens is 302 g/mol. The molecule has 5 heteroatoms. The summed E-state index contributed by atoms with van der Waals surface area (Å²) in [6.07, 6.45) is 3.75. The Labute approximate surface area is 142 Å². The summed E-state index contributed by atoms with van der Waals surface area (Å²) in [6, 6.07) is 14.8. The second-order valence-electron chi connectivity index (χ2n) is 5.41. The number of ether oxygens (including phenoxy) is 1. The topological polar surface area (TPSA) is 62.7 Å². The number of urea groups is 1. The molecule has 126 valence electrons. The van der Waals surface area contributed by atoms with E-state index in [1.807, 2.05) is 55.5 Å². The second-order valence-corrected chi connectivity index (χ2v) is 5.41. The monoisotopic (exact) mass is 325 g/mol. The van der Waals surface area contributed by atoms with E-state index in [4.69, 9.17) is 4.74 Å². The standard InChI is InChI=1S/C19H23N3O2/c1-3-4-13-24-17-11-9-16(10-12-17)14-20-22-19(23)21-18-8-6-5-7-15(18)2/h5-12,14H,3-4,13H2,1-2H3,(H2,21,22,23)/b20-14-. The summed E-state index contributed by atoms with van der Waals surface area (Å²) >= 11 is 0. The first-order valence-electron chi connectivity index (χ1n) is 8.07. The fourth-order valence-corrected chi connectivity index (χ4v) is 2.01. The predicted molar refractivity (Wildman–Crippen MR) is 97.8 cm³/mol. The van der Waals surface area contributed by atoms with Crippen LogP contribution in [0.25, 0.3) is 0 Å². The van der Waals surface area contributed by atoms with Gasteiger partial charge in [-0.05, 0) is 54.8 Å². The molecule has 0 spiro atoms. The molecule has 0 saturated heterocycles. The van der Waals surface area contributed by atoms with Gasteiger partial charge in [0.2, 0.25) is 0 Å². The minimum absolute atomic E-state index is 0.375. The highest BCUT2D eigenvalue weighted by molar-refractivity contribution is 5.91. The molecule has 0 aromatic heterocycles. The quantitative estimate of drug-likeness (QED) is 0.452. The molecule has 0 fully saturated rings. The van der Waals surface area contributed by atoms with Crippen molar-refractivity contribution in [3.63, 3.8) is 0 Å². The number of unbranched alkanes of at least 4 members (excludes halogenated alkanes) is 1. The summed E-state index contributed by atoms with van der Waals surface area (Å²) in [5.41, 5.74) is 5.09. The minimum Gasteiger partial charge on any atom is -0.494 e. The maximum atomic E-state index is 11.8. The van der Waals surface area contributed by atoms with Crippen LogP contribution in [0.3, 0.4) is 0 Å². The number of amides is 2. The van der Waals surface area contributed by atoms with Gasteiger partial charge in [0, 0.05) is 5.69 Å². The van der Waals surface area contributed by atoms with Gasteiger partial charge >= 0.3 is 6.03 Å². The molecule has 2 N–H and O–H groups in total. The normalized spacial score (nSPS) is 10.6. The van der Waals surface area contributed by atoms with Crippen LogP contribution >= 0.6 is 0 Å². The number of nitrogens with one attached hydrogen (secondary N) is 2. The molecule has 0 saturated carbocycles. The molecule has 0 aliphatic heterocycles. The summed E-state index contributed by atoms with van der Waals surface area (Å²) in [7, 11) is 0. The van der Waals surface area contributed by atoms with Crippen LogP contribution in [0.15, 0.2) is 53.6 Å². The van der Waals surface area contributed by atoms with Gasteiger partial charge in [-0.15, -0.1) is 0 Å². The van der Waals surface area contributed by atoms with E-state index < -0.39 is 0 Å². The molecule has 0 aliphatic carbocycles. The van der Waals surface area contributed by atoms with Crippen LogP contribution < -0.4 is 15.5 Å². The Morgan fingerprint density at radius 1 is 1.17 bits per heavy atom. The van der Waals surface area contributed by atoms with Crippen molar-refractivity contribution in [2.24, 2.45) is 5.10 Å². The number of para-hydroxylation sites is 1. The molecule has 2 amide bonds. The lowest BCUT2D eigenvalue weighted by Crippen LogP contribution is -2.24. The van der Waals surface area contributed by atoms with Crippen LogP contribution in [0.2, 0.25) is 0 Å². The fraction of sp³-hybridized carbons (Fsp3) is 0.263. The number of rotatable bonds is 7. The van der Waals surface area contributed by atoms with Crippen molar-refractivity contribution in [3.05, 3.63) is 59.7 Å². The molecule has 24 heavy (non-hydrogen) atoms. The number of carbonyl (C=O) groups is 1. The van der Waals surface area contributed by atoms with Crippen molar-refractivity contribution >= 4 is 17.9 Å². The lowest BCUT2D eigenvalue weighted by molar-refractivity contribution is 0.252. The van der Waals surface area contributed by atoms with Crippen LogP contribution in [-0.4, -0.2) is 18.9 Å². The lowest BCUT2D eigenvalue weighted by Gasteiger charge is -2.07. The van der Waals surface area contributed by atoms with Gasteiger partial charge in [-0.25, -0.2) is 10.2 Å². The third-order valence-electron chi connectivity index (χ3n) is 3.42. The average molecular weight is 325 g/mol. The Kier molecular flexibility index (Phi) is 6.83. The Balaban J connectivity index is 1.81. The molecule has 0 heterocycles. The van der Waals surface area contributed by atoms with E-state index >= 15 is 0 Å². The van der Waals surface area contributed by atoms with Crippen molar-refractivity contribution in [1.82, 2.24) is 5.43 Å². The Hall–Kier alpha value is -2.82. The predicted octanol–water partition coefficient (Wildman–Crippen LogP) is 4.33. The average Bonchev–Trinajstić information content (AvgIpc) is 2.59. The molecule has 5 nitrogen and oxygen atoms in total. The molecule has 0 atom stereocenters. The van der Waals surface area contributed by atoms with Gasteiger partial charge in [-0.1, -0.05) is 31.5 Å². The van der Waals surface area contributed by atoms with Crippen LogP contribution in [0.4, 0.5) is 10.5 Å². The zero-order valence-corrected chi connectivity index (χ0v) is 14.1. The lowest BCUT2D eigenvalue weighted by atomic mass is 10.2. The first-order chi connectivity index (χ1) is 11.7. The van der Waals surface area contributed by atoms with E-state index in [0.717, 1.165) is 42.0 Å². The number of anilines is 1. The van der Waals surface area contributed by atoms with Gasteiger partial charge in [0.25, 0.3) is 0 Å². The smallest absolute Gasteiger partial charge is 0.339 e. The molecular formula is C19H23N3O2. The summed E-state index contributed by atoms with van der Waals surface area (Å²) in [6.45, 7) is 4.79. The van der Waals surface area contributed by atoms with E-state index in [1.54, 1.807) is 6.21 Å². The molecule has 0 radical (unpaired) electrons. The highest BCUT2D eigenvalue weighted by Crippen LogP contribution is 2.13. The largest absolute Gasteiger partial charge is 0.494 e. The Morgan fingerprint density at radius 3 is 2.62 bits per heavy atom. The Morgan fingerprint density at radius 2 is 1.92 bits per heavy atom. The number of hydrogen-bond donors (Lipinski definition) is 2. The summed E-state index contributed by atoms with van der Waals surface area (Å²) in [5, 5.41) is 6.70. The van der Waals surface area contributed by atoms with Crippen LogP contribution in [-0.2, 0) is 0 Å². The van der Waals surface area contributed by atoms with Crippen molar-refractivity contribution in [1.29, 1.82) is 0 Å². The third kappa shape index (κ3) is 5.76. The SMILES string of the molecule is CCCCOc1ccc(/C=N\NC(=O)Nc2ccccc2C)cc1. The number of hydrazone groups is 1. The maximum Gasteiger partial charge on any atom is 0.339 e. The molecule has 2 aromatic rings. The summed E-state index contributed by atoms with van der Waals surface area (Å²) < 4.78 is 5.60. The maximum absolute atomic E-state index is 11.8. The molecule has 0 aliphatic rings. The Bertz CT molecular complexity index is 681. The van der Waals surface area contributed by atoms with Crippen LogP contribution in [0.5, 0.6) is 5.75 Å². The van der Waals surface area contributed by atoms with E-state index in [2.05, 4.69) is 22.8 Å². The van der Waals surface area contributed by atoms with E-state index in [9.17, 15) is 4.79 Å². The van der Waals surface area contributed by atoms with Gasteiger partial charge in [-0.2, -0.15) is 5.10 Å². The first-order valence-corrected chi connectivity index (χ1v) is 8.07. The van der Waals surface area contributed by atoms with Crippen LogP contribution in [0.1, 0.15) is 30.9 Å². The number of carbonyl (C=O) groups excluding carboxylic acids is 1. The molecule has 2 aromatic carbocycles. The molecule has 0 unspecified atom stereocenters. The van der Waals surface area contributed by atoms with E-state index in [0.29, 0.717) is 0 Å². The summed E-state index contributed by atoms with van der Waals surface area (Å²) in [4.78, 5) is 11.8. The first kappa shape index (κ1) is 17.5. The number of aryl methyl sites for hydroxylation is 1. The zero-order valence-electron chi connectivity index (χ0n) is 14.1. The summed E-state index contributed by atoms with van der Waals surface area (Å²) in [5.74, 6) is 0.839. The van der Waals surface area contributed by atoms with Crippen molar-refractivity contribution < 1.29 is 9.53 Å². The van der Waals surface area contributed by atoms with E-state index in [-0.39, 0.29) is 6.03 Å². The van der Waals surface area contributed by atoms with Crippen molar-refractivity contribution in [2.75, 3.05) is 11.9 Å². The molecule has 0 bridgehead atoms. The van der Waals surface area contributed by atoms with E-state index in [1.165, 1.54) is 0 Å². The fourth-order valence-electron chi connectivity index (χ4n) is 2.01.